The summed E-state index contributed by atoms with van der Waals surface area (Å²) < 4.78 is 6.65. The molecule has 0 aromatic heterocycles. The van der Waals surface area contributed by atoms with Gasteiger partial charge in [0.05, 0.1) is 32.0 Å². The Morgan fingerprint density at radius 2 is 2.07 bits per heavy atom. The number of likely N-dealkylation sites (tertiary alicyclic amines) is 1. The number of phenols is 1. The Bertz CT molecular complexity index is 923. The highest BCUT2D eigenvalue weighted by molar-refractivity contribution is 6.11. The second-order valence-corrected chi connectivity index (χ2v) is 9.55. The number of carbonyl (C=O) groups excluding carboxylic acids is 2. The molecule has 2 heterocycles. The van der Waals surface area contributed by atoms with E-state index in [-0.39, 0.29) is 29.8 Å². The van der Waals surface area contributed by atoms with Crippen LogP contribution in [0.4, 0.5) is 0 Å². The van der Waals surface area contributed by atoms with Crippen LogP contribution in [-0.2, 0) is 21.4 Å². The summed E-state index contributed by atoms with van der Waals surface area (Å²) in [5.41, 5.74) is -0.945. The summed E-state index contributed by atoms with van der Waals surface area (Å²) in [5.74, 6) is 0.319. The van der Waals surface area contributed by atoms with Gasteiger partial charge >= 0.3 is 0 Å². The zero-order chi connectivity index (χ0) is 18.8. The summed E-state index contributed by atoms with van der Waals surface area (Å²) in [4.78, 5) is 26.0. The van der Waals surface area contributed by atoms with Gasteiger partial charge in [-0.15, -0.1) is 0 Å². The number of aliphatic hydroxyl groups is 1. The first-order valence-corrected chi connectivity index (χ1v) is 9.96. The van der Waals surface area contributed by atoms with E-state index in [1.807, 2.05) is 6.07 Å². The molecule has 0 radical (unpaired) electrons. The van der Waals surface area contributed by atoms with E-state index in [2.05, 4.69) is 7.05 Å². The molecule has 1 spiro atoms. The first-order chi connectivity index (χ1) is 12.8. The quantitative estimate of drug-likeness (QED) is 0.596. The van der Waals surface area contributed by atoms with Crippen molar-refractivity contribution in [1.82, 2.24) is 0 Å². The molecule has 5 aliphatic rings. The van der Waals surface area contributed by atoms with Gasteiger partial charge in [0, 0.05) is 24.3 Å². The fourth-order valence-electron chi connectivity index (χ4n) is 6.76. The van der Waals surface area contributed by atoms with E-state index in [1.165, 1.54) is 12.8 Å². The maximum atomic E-state index is 13.2. The second-order valence-electron chi connectivity index (χ2n) is 9.55. The number of likely N-dealkylation sites (N-methyl/N-ethyl adjacent to an activating group) is 1. The van der Waals surface area contributed by atoms with Crippen LogP contribution in [0.15, 0.2) is 12.1 Å². The van der Waals surface area contributed by atoms with E-state index >= 15 is 0 Å². The van der Waals surface area contributed by atoms with Gasteiger partial charge in [0.25, 0.3) is 0 Å². The van der Waals surface area contributed by atoms with Crippen molar-refractivity contribution >= 4 is 11.6 Å². The highest BCUT2D eigenvalue weighted by Gasteiger charge is 2.79. The topological polar surface area (TPSA) is 83.8 Å². The number of carbonyl (C=O) groups is 2. The van der Waals surface area contributed by atoms with Crippen molar-refractivity contribution in [2.24, 2.45) is 5.92 Å². The van der Waals surface area contributed by atoms with Crippen LogP contribution in [0.25, 0.3) is 0 Å². The zero-order valence-electron chi connectivity index (χ0n) is 15.4. The molecule has 2 N–H and O–H groups in total. The molecule has 2 aliphatic heterocycles. The molecule has 6 nitrogen and oxygen atoms in total. The maximum Gasteiger partial charge on any atom is 0.189 e. The normalized spacial score (nSPS) is 44.1. The van der Waals surface area contributed by atoms with E-state index in [0.717, 1.165) is 18.7 Å². The molecule has 1 aromatic carbocycles. The Hall–Kier alpha value is -1.92. The highest BCUT2D eigenvalue weighted by Crippen LogP contribution is 2.65. The van der Waals surface area contributed by atoms with Crippen molar-refractivity contribution in [2.75, 3.05) is 20.1 Å². The van der Waals surface area contributed by atoms with Crippen LogP contribution >= 0.6 is 0 Å². The second kappa shape index (κ2) is 4.55. The van der Waals surface area contributed by atoms with E-state index in [1.54, 1.807) is 6.07 Å². The van der Waals surface area contributed by atoms with Gasteiger partial charge in [-0.25, -0.2) is 0 Å². The number of hydrogen-bond acceptors (Lipinski definition) is 5. The number of Topliss-reactive ketones (excluding diaryl/α,β-unsaturated/α-hetero) is 2. The molecule has 3 fully saturated rings. The summed E-state index contributed by atoms with van der Waals surface area (Å²) in [7, 11) is 2.16. The van der Waals surface area contributed by atoms with E-state index < -0.39 is 17.1 Å². The lowest BCUT2D eigenvalue weighted by atomic mass is 9.48. The third-order valence-electron chi connectivity index (χ3n) is 8.12. The molecule has 142 valence electrons. The Kier molecular flexibility index (Phi) is 2.71. The van der Waals surface area contributed by atoms with Crippen LogP contribution in [0, 0.1) is 5.92 Å². The van der Waals surface area contributed by atoms with Gasteiger partial charge < -0.3 is 19.4 Å². The molecule has 6 heteroatoms. The smallest absolute Gasteiger partial charge is 0.189 e. The average molecular weight is 370 g/mol. The lowest BCUT2D eigenvalue weighted by Crippen LogP contribution is -2.83. The molecular formula is C21H24NO5+. The lowest BCUT2D eigenvalue weighted by molar-refractivity contribution is -0.948. The van der Waals surface area contributed by atoms with Crippen molar-refractivity contribution in [2.45, 2.75) is 55.3 Å². The minimum atomic E-state index is -1.61. The van der Waals surface area contributed by atoms with Crippen LogP contribution in [0.1, 0.15) is 36.8 Å². The van der Waals surface area contributed by atoms with Crippen LogP contribution in [0.5, 0.6) is 11.5 Å². The standard InChI is InChI=1S/C21H23NO5/c1-22(10-11-2-3-11)7-6-20-17-12-4-5-13(23)18(17)27-19(20)14(24)9-16(25)21(20,26)15(22)8-12/h4-5,11,15,19,26H,2-3,6-10H2,1H3/p+1/t15-,19?,20+,21+,22-/m1/s1. The largest absolute Gasteiger partial charge is 0.504 e. The van der Waals surface area contributed by atoms with Crippen molar-refractivity contribution in [3.05, 3.63) is 23.3 Å². The van der Waals surface area contributed by atoms with Gasteiger partial charge in [-0.1, -0.05) is 6.07 Å². The maximum absolute atomic E-state index is 13.2. The van der Waals surface area contributed by atoms with Crippen molar-refractivity contribution < 1.29 is 29.0 Å². The molecule has 2 bridgehead atoms. The van der Waals surface area contributed by atoms with Gasteiger partial charge in [0.15, 0.2) is 34.8 Å². The molecule has 1 saturated heterocycles. The summed E-state index contributed by atoms with van der Waals surface area (Å²) in [6.07, 6.45) is 2.37. The number of benzene rings is 1. The summed E-state index contributed by atoms with van der Waals surface area (Å²) in [6.45, 7) is 1.77. The summed E-state index contributed by atoms with van der Waals surface area (Å²) >= 11 is 0. The number of quaternary nitrogens is 1. The lowest BCUT2D eigenvalue weighted by Gasteiger charge is -2.63. The highest BCUT2D eigenvalue weighted by atomic mass is 16.5. The predicted molar refractivity (Wildman–Crippen MR) is 94.5 cm³/mol. The Balaban J connectivity index is 1.64. The minimum Gasteiger partial charge on any atom is -0.504 e. The van der Waals surface area contributed by atoms with Gasteiger partial charge in [-0.05, 0) is 24.5 Å². The number of phenolic OH excluding ortho intramolecular Hbond substituents is 1. The van der Waals surface area contributed by atoms with E-state index in [0.29, 0.717) is 34.6 Å². The molecule has 6 rings (SSSR count). The van der Waals surface area contributed by atoms with Crippen molar-refractivity contribution in [3.63, 3.8) is 0 Å². The first-order valence-electron chi connectivity index (χ1n) is 9.96. The van der Waals surface area contributed by atoms with Gasteiger partial charge in [-0.3, -0.25) is 9.59 Å². The summed E-state index contributed by atoms with van der Waals surface area (Å²) in [5, 5.41) is 22.4. The number of aromatic hydroxyl groups is 1. The number of piperidine rings is 1. The third-order valence-corrected chi connectivity index (χ3v) is 8.12. The molecule has 1 unspecified atom stereocenters. The fraction of sp³-hybridized carbons (Fsp3) is 0.619. The van der Waals surface area contributed by atoms with Crippen molar-refractivity contribution in [1.29, 1.82) is 0 Å². The van der Waals surface area contributed by atoms with Crippen LogP contribution in [0.3, 0.4) is 0 Å². The Morgan fingerprint density at radius 3 is 2.81 bits per heavy atom. The van der Waals surface area contributed by atoms with E-state index in [9.17, 15) is 19.8 Å². The molecular weight excluding hydrogens is 346 g/mol. The fourth-order valence-corrected chi connectivity index (χ4v) is 6.76. The van der Waals surface area contributed by atoms with Crippen molar-refractivity contribution in [3.8, 4) is 11.5 Å². The number of ketones is 2. The zero-order valence-corrected chi connectivity index (χ0v) is 15.4. The Morgan fingerprint density at radius 1 is 1.30 bits per heavy atom. The molecule has 5 atom stereocenters. The monoisotopic (exact) mass is 370 g/mol. The predicted octanol–water partition coefficient (Wildman–Crippen LogP) is 0.849. The molecule has 3 aliphatic carbocycles. The molecule has 27 heavy (non-hydrogen) atoms. The average Bonchev–Trinajstić information content (AvgIpc) is 3.34. The minimum absolute atomic E-state index is 0.0145. The van der Waals surface area contributed by atoms with Gasteiger partial charge in [-0.2, -0.15) is 0 Å². The number of rotatable bonds is 2. The number of hydrogen-bond donors (Lipinski definition) is 2. The van der Waals surface area contributed by atoms with Gasteiger partial charge in [0.1, 0.15) is 6.04 Å². The number of ether oxygens (including phenoxy) is 1. The molecule has 2 saturated carbocycles. The van der Waals surface area contributed by atoms with Gasteiger partial charge in [0.2, 0.25) is 0 Å². The SMILES string of the molecule is C[N@+]1(CC2CC2)CC[C@]23c4c5ccc(O)c4OC2C(=O)CC(=O)[C@@]3(O)[C@H]1C5. The number of nitrogens with zero attached hydrogens (tertiary/aromatic N) is 1. The molecule has 0 amide bonds. The third kappa shape index (κ3) is 1.62. The van der Waals surface area contributed by atoms with Crippen LogP contribution < -0.4 is 4.74 Å². The Labute approximate surface area is 157 Å². The summed E-state index contributed by atoms with van der Waals surface area (Å²) in [6, 6.07) is 3.21. The van der Waals surface area contributed by atoms with E-state index in [4.69, 9.17) is 4.74 Å². The van der Waals surface area contributed by atoms with Crippen LogP contribution in [-0.4, -0.2) is 64.1 Å². The first kappa shape index (κ1) is 16.1. The van der Waals surface area contributed by atoms with Crippen LogP contribution in [0.2, 0.25) is 0 Å². The molecule has 1 aromatic rings.